The van der Waals surface area contributed by atoms with E-state index < -0.39 is 18.2 Å². The molecule has 152 valence electrons. The molecular weight excluding hydrogens is 364 g/mol. The van der Waals surface area contributed by atoms with E-state index in [4.69, 9.17) is 14.2 Å². The van der Waals surface area contributed by atoms with Gasteiger partial charge >= 0.3 is 5.97 Å². The van der Waals surface area contributed by atoms with Crippen LogP contribution >= 0.6 is 0 Å². The Kier molecular flexibility index (Phi) is 6.06. The number of hydrogen-bond donors (Lipinski definition) is 1. The van der Waals surface area contributed by atoms with E-state index in [9.17, 15) is 14.4 Å². The lowest BCUT2D eigenvalue weighted by atomic mass is 10.1. The number of likely N-dealkylation sites (tertiary alicyclic amines) is 1. The van der Waals surface area contributed by atoms with Gasteiger partial charge in [-0.25, -0.2) is 4.79 Å². The SMILES string of the molecule is CCCCCNC(=O)[C@@H]1CCC(=O)N1[C@@H]1OC(=O)c2c1ccc(OC)c2OC. The predicted molar refractivity (Wildman–Crippen MR) is 100 cm³/mol. The Morgan fingerprint density at radius 1 is 1.25 bits per heavy atom. The number of ether oxygens (including phenoxy) is 3. The van der Waals surface area contributed by atoms with Crippen molar-refractivity contribution in [3.63, 3.8) is 0 Å². The van der Waals surface area contributed by atoms with Crippen molar-refractivity contribution in [1.82, 2.24) is 10.2 Å². The molecule has 0 saturated carbocycles. The predicted octanol–water partition coefficient (Wildman–Crippen LogP) is 2.17. The van der Waals surface area contributed by atoms with Gasteiger partial charge in [-0.05, 0) is 25.0 Å². The molecule has 0 aliphatic carbocycles. The molecule has 1 fully saturated rings. The number of carbonyl (C=O) groups excluding carboxylic acids is 3. The summed E-state index contributed by atoms with van der Waals surface area (Å²) in [5.74, 6) is -0.366. The fraction of sp³-hybridized carbons (Fsp3) is 0.550. The molecule has 1 aromatic carbocycles. The monoisotopic (exact) mass is 390 g/mol. The number of unbranched alkanes of at least 4 members (excludes halogenated alkanes) is 2. The van der Waals surface area contributed by atoms with Crippen LogP contribution in [0.4, 0.5) is 0 Å². The average Bonchev–Trinajstić information content (AvgIpc) is 3.24. The number of carbonyl (C=O) groups is 3. The van der Waals surface area contributed by atoms with Crippen molar-refractivity contribution in [2.24, 2.45) is 0 Å². The maximum atomic E-state index is 12.6. The number of esters is 1. The summed E-state index contributed by atoms with van der Waals surface area (Å²) in [6.45, 7) is 2.66. The third kappa shape index (κ3) is 3.50. The standard InChI is InChI=1S/C20H26N2O6/c1-4-5-6-11-21-18(24)13-8-10-15(23)22(13)19-12-7-9-14(26-2)17(27-3)16(12)20(25)28-19/h7,9,13,19H,4-6,8,10-11H2,1-3H3,(H,21,24)/t13-,19+/m0/s1. The Morgan fingerprint density at radius 3 is 2.71 bits per heavy atom. The van der Waals surface area contributed by atoms with Crippen LogP contribution in [0.3, 0.4) is 0 Å². The lowest BCUT2D eigenvalue weighted by Crippen LogP contribution is -2.46. The Labute approximate surface area is 164 Å². The van der Waals surface area contributed by atoms with Crippen molar-refractivity contribution in [3.05, 3.63) is 23.3 Å². The van der Waals surface area contributed by atoms with Gasteiger partial charge < -0.3 is 19.5 Å². The number of nitrogens with zero attached hydrogens (tertiary/aromatic N) is 1. The van der Waals surface area contributed by atoms with Gasteiger partial charge in [-0.2, -0.15) is 0 Å². The van der Waals surface area contributed by atoms with Gasteiger partial charge in [-0.1, -0.05) is 19.8 Å². The van der Waals surface area contributed by atoms with Crippen LogP contribution in [0.5, 0.6) is 11.5 Å². The second kappa shape index (κ2) is 8.50. The minimum atomic E-state index is -0.941. The molecule has 28 heavy (non-hydrogen) atoms. The molecule has 0 unspecified atom stereocenters. The number of rotatable bonds is 8. The van der Waals surface area contributed by atoms with Crippen LogP contribution in [-0.2, 0) is 14.3 Å². The molecule has 0 radical (unpaired) electrons. The molecule has 2 amide bonds. The number of methoxy groups -OCH3 is 2. The second-order valence-corrected chi connectivity index (χ2v) is 6.88. The van der Waals surface area contributed by atoms with Crippen LogP contribution < -0.4 is 14.8 Å². The maximum Gasteiger partial charge on any atom is 0.344 e. The molecule has 8 nitrogen and oxygen atoms in total. The van der Waals surface area contributed by atoms with Gasteiger partial charge in [-0.15, -0.1) is 0 Å². The third-order valence-electron chi connectivity index (χ3n) is 5.16. The largest absolute Gasteiger partial charge is 0.493 e. The van der Waals surface area contributed by atoms with Crippen LogP contribution in [0.2, 0.25) is 0 Å². The van der Waals surface area contributed by atoms with Crippen LogP contribution in [0.25, 0.3) is 0 Å². The van der Waals surface area contributed by atoms with Crippen molar-refractivity contribution in [1.29, 1.82) is 0 Å². The summed E-state index contributed by atoms with van der Waals surface area (Å²) in [4.78, 5) is 39.1. The summed E-state index contributed by atoms with van der Waals surface area (Å²) in [5.41, 5.74) is 0.732. The van der Waals surface area contributed by atoms with Crippen molar-refractivity contribution in [2.45, 2.75) is 51.3 Å². The number of fused-ring (bicyclic) bond motifs is 1. The molecule has 2 aliphatic heterocycles. The fourth-order valence-electron chi connectivity index (χ4n) is 3.75. The summed E-state index contributed by atoms with van der Waals surface area (Å²) in [7, 11) is 2.91. The topological polar surface area (TPSA) is 94.2 Å². The van der Waals surface area contributed by atoms with Gasteiger partial charge in [0.2, 0.25) is 18.0 Å². The molecule has 1 N–H and O–H groups in total. The Morgan fingerprint density at radius 2 is 2.04 bits per heavy atom. The van der Waals surface area contributed by atoms with Gasteiger partial charge in [0.1, 0.15) is 11.6 Å². The highest BCUT2D eigenvalue weighted by Gasteiger charge is 2.47. The summed E-state index contributed by atoms with van der Waals surface area (Å²) < 4.78 is 16.1. The molecule has 1 aromatic rings. The Balaban J connectivity index is 1.86. The molecule has 0 bridgehead atoms. The van der Waals surface area contributed by atoms with Gasteiger partial charge in [0.25, 0.3) is 0 Å². The van der Waals surface area contributed by atoms with Crippen molar-refractivity contribution in [3.8, 4) is 11.5 Å². The third-order valence-corrected chi connectivity index (χ3v) is 5.16. The number of amides is 2. The van der Waals surface area contributed by atoms with Gasteiger partial charge in [0, 0.05) is 18.5 Å². The lowest BCUT2D eigenvalue weighted by Gasteiger charge is -2.29. The second-order valence-electron chi connectivity index (χ2n) is 6.88. The lowest BCUT2D eigenvalue weighted by molar-refractivity contribution is -0.145. The normalized spacial score (nSPS) is 20.8. The molecule has 8 heteroatoms. The molecule has 0 spiro atoms. The highest BCUT2D eigenvalue weighted by atomic mass is 16.6. The number of cyclic esters (lactones) is 1. The number of nitrogens with one attached hydrogen (secondary N) is 1. The Hall–Kier alpha value is -2.77. The maximum absolute atomic E-state index is 12.6. The number of benzene rings is 1. The first kappa shape index (κ1) is 20.0. The highest BCUT2D eigenvalue weighted by Crippen LogP contribution is 2.45. The van der Waals surface area contributed by atoms with E-state index in [1.807, 2.05) is 0 Å². The summed E-state index contributed by atoms with van der Waals surface area (Å²) >= 11 is 0. The van der Waals surface area contributed by atoms with Gasteiger partial charge in [0.05, 0.1) is 14.2 Å². The molecule has 3 rings (SSSR count). The van der Waals surface area contributed by atoms with E-state index in [1.54, 1.807) is 12.1 Å². The molecule has 2 aliphatic rings. The van der Waals surface area contributed by atoms with Crippen LogP contribution in [0.1, 0.15) is 61.2 Å². The molecule has 0 aromatic heterocycles. The first-order valence-electron chi connectivity index (χ1n) is 9.58. The Bertz CT molecular complexity index is 778. The smallest absolute Gasteiger partial charge is 0.344 e. The fourth-order valence-corrected chi connectivity index (χ4v) is 3.75. The zero-order chi connectivity index (χ0) is 20.3. The number of hydrogen-bond acceptors (Lipinski definition) is 6. The van der Waals surface area contributed by atoms with E-state index >= 15 is 0 Å². The van der Waals surface area contributed by atoms with Crippen molar-refractivity contribution >= 4 is 17.8 Å². The van der Waals surface area contributed by atoms with E-state index in [1.165, 1.54) is 19.1 Å². The van der Waals surface area contributed by atoms with Crippen molar-refractivity contribution in [2.75, 3.05) is 20.8 Å². The van der Waals surface area contributed by atoms with E-state index in [-0.39, 0.29) is 29.5 Å². The zero-order valence-corrected chi connectivity index (χ0v) is 16.4. The first-order chi connectivity index (χ1) is 13.5. The van der Waals surface area contributed by atoms with E-state index in [0.717, 1.165) is 19.3 Å². The first-order valence-corrected chi connectivity index (χ1v) is 9.58. The van der Waals surface area contributed by atoms with Crippen LogP contribution in [0, 0.1) is 0 Å². The minimum Gasteiger partial charge on any atom is -0.493 e. The van der Waals surface area contributed by atoms with Crippen LogP contribution in [0.15, 0.2) is 12.1 Å². The minimum absolute atomic E-state index is 0.214. The van der Waals surface area contributed by atoms with E-state index in [0.29, 0.717) is 24.3 Å². The summed E-state index contributed by atoms with van der Waals surface area (Å²) in [5, 5.41) is 2.89. The van der Waals surface area contributed by atoms with Gasteiger partial charge in [0.15, 0.2) is 11.5 Å². The van der Waals surface area contributed by atoms with Crippen molar-refractivity contribution < 1.29 is 28.6 Å². The van der Waals surface area contributed by atoms with Gasteiger partial charge in [-0.3, -0.25) is 14.5 Å². The summed E-state index contributed by atoms with van der Waals surface area (Å²) in [6, 6.07) is 2.67. The average molecular weight is 390 g/mol. The molecule has 2 atom stereocenters. The molecule has 1 saturated heterocycles. The zero-order valence-electron chi connectivity index (χ0n) is 16.4. The summed E-state index contributed by atoms with van der Waals surface area (Å²) in [6.07, 6.45) is 2.68. The highest BCUT2D eigenvalue weighted by molar-refractivity contribution is 5.99. The van der Waals surface area contributed by atoms with E-state index in [2.05, 4.69) is 12.2 Å². The molecular formula is C20H26N2O6. The molecule has 2 heterocycles. The quantitative estimate of drug-likeness (QED) is 0.540. The van der Waals surface area contributed by atoms with Crippen LogP contribution in [-0.4, -0.2) is 49.5 Å².